The molecule has 0 saturated heterocycles. The first-order valence-corrected chi connectivity index (χ1v) is 6.66. The van der Waals surface area contributed by atoms with Crippen molar-refractivity contribution in [1.82, 2.24) is 4.98 Å². The van der Waals surface area contributed by atoms with Crippen molar-refractivity contribution in [2.24, 2.45) is 11.7 Å². The average molecular weight is 241 g/mol. The molecule has 2 unspecified atom stereocenters. The van der Waals surface area contributed by atoms with Crippen LogP contribution < -0.4 is 11.1 Å². The van der Waals surface area contributed by atoms with Gasteiger partial charge in [0.2, 0.25) is 0 Å². The molecule has 1 aromatic carbocycles. The largest absolute Gasteiger partial charge is 0.369 e. The second-order valence-corrected chi connectivity index (χ2v) is 5.20. The van der Waals surface area contributed by atoms with Crippen LogP contribution in [0.25, 0.3) is 10.8 Å². The highest BCUT2D eigenvalue weighted by Gasteiger charge is 2.21. The number of nitrogens with two attached hydrogens (primary N) is 1. The Labute approximate surface area is 107 Å². The van der Waals surface area contributed by atoms with Gasteiger partial charge < -0.3 is 11.1 Å². The van der Waals surface area contributed by atoms with E-state index in [1.165, 1.54) is 17.2 Å². The van der Waals surface area contributed by atoms with Crippen LogP contribution in [0.4, 0.5) is 5.82 Å². The summed E-state index contributed by atoms with van der Waals surface area (Å²) in [6.45, 7) is 0.981. The minimum Gasteiger partial charge on any atom is -0.369 e. The first kappa shape index (κ1) is 11.5. The van der Waals surface area contributed by atoms with Crippen molar-refractivity contribution < 1.29 is 0 Å². The van der Waals surface area contributed by atoms with Crippen molar-refractivity contribution in [1.29, 1.82) is 0 Å². The number of nitrogens with zero attached hydrogens (tertiary/aromatic N) is 1. The second kappa shape index (κ2) is 4.94. The van der Waals surface area contributed by atoms with Crippen molar-refractivity contribution in [2.45, 2.75) is 25.3 Å². The van der Waals surface area contributed by atoms with Crippen molar-refractivity contribution in [3.63, 3.8) is 0 Å². The van der Waals surface area contributed by atoms with E-state index in [4.69, 9.17) is 5.73 Å². The molecule has 2 aromatic rings. The second-order valence-electron chi connectivity index (χ2n) is 5.20. The minimum absolute atomic E-state index is 0.400. The Morgan fingerprint density at radius 3 is 2.94 bits per heavy atom. The maximum Gasteiger partial charge on any atom is 0.133 e. The van der Waals surface area contributed by atoms with E-state index in [-0.39, 0.29) is 0 Å². The van der Waals surface area contributed by atoms with Gasteiger partial charge in [-0.05, 0) is 36.6 Å². The molecule has 1 heterocycles. The zero-order valence-electron chi connectivity index (χ0n) is 10.5. The van der Waals surface area contributed by atoms with Gasteiger partial charge in [0, 0.05) is 24.2 Å². The third kappa shape index (κ3) is 2.31. The van der Waals surface area contributed by atoms with Gasteiger partial charge in [0.05, 0.1) is 0 Å². The highest BCUT2D eigenvalue weighted by atomic mass is 15.0. The molecule has 1 fully saturated rings. The van der Waals surface area contributed by atoms with E-state index >= 15 is 0 Å². The van der Waals surface area contributed by atoms with Crippen LogP contribution >= 0.6 is 0 Å². The van der Waals surface area contributed by atoms with Gasteiger partial charge in [-0.1, -0.05) is 24.3 Å². The molecule has 94 valence electrons. The molecule has 0 amide bonds. The lowest BCUT2D eigenvalue weighted by atomic mass is 10.1. The molecule has 0 bridgehead atoms. The van der Waals surface area contributed by atoms with Crippen LogP contribution in [-0.2, 0) is 0 Å². The van der Waals surface area contributed by atoms with E-state index in [0.29, 0.717) is 12.0 Å². The number of nitrogens with one attached hydrogen (secondary N) is 1. The summed E-state index contributed by atoms with van der Waals surface area (Å²) in [4.78, 5) is 4.44. The van der Waals surface area contributed by atoms with Gasteiger partial charge in [-0.15, -0.1) is 0 Å². The van der Waals surface area contributed by atoms with Crippen molar-refractivity contribution >= 4 is 16.6 Å². The van der Waals surface area contributed by atoms with E-state index in [2.05, 4.69) is 34.6 Å². The molecule has 1 aliphatic rings. The molecule has 3 rings (SSSR count). The molecule has 3 heteroatoms. The summed E-state index contributed by atoms with van der Waals surface area (Å²) in [6, 6.07) is 10.8. The number of pyridine rings is 1. The molecule has 3 nitrogen and oxygen atoms in total. The Kier molecular flexibility index (Phi) is 3.15. The third-order valence-corrected chi connectivity index (χ3v) is 3.81. The molecule has 0 radical (unpaired) electrons. The molecule has 0 aliphatic heterocycles. The fourth-order valence-electron chi connectivity index (χ4n) is 2.80. The number of benzene rings is 1. The lowest BCUT2D eigenvalue weighted by Crippen LogP contribution is -2.18. The fraction of sp³-hybridized carbons (Fsp3) is 0.400. The van der Waals surface area contributed by atoms with Gasteiger partial charge in [-0.2, -0.15) is 0 Å². The molecule has 2 atom stereocenters. The number of fused-ring (bicyclic) bond motifs is 1. The van der Waals surface area contributed by atoms with Gasteiger partial charge in [-0.3, -0.25) is 0 Å². The highest BCUT2D eigenvalue weighted by molar-refractivity contribution is 5.91. The number of hydrogen-bond acceptors (Lipinski definition) is 3. The Morgan fingerprint density at radius 1 is 1.22 bits per heavy atom. The molecule has 1 aromatic heterocycles. The van der Waals surface area contributed by atoms with Crippen LogP contribution in [0.5, 0.6) is 0 Å². The van der Waals surface area contributed by atoms with Gasteiger partial charge in [-0.25, -0.2) is 4.98 Å². The van der Waals surface area contributed by atoms with Gasteiger partial charge in [0.25, 0.3) is 0 Å². The first-order chi connectivity index (χ1) is 8.83. The number of rotatable bonds is 3. The summed E-state index contributed by atoms with van der Waals surface area (Å²) in [5.74, 6) is 1.69. The standard InChI is InChI=1S/C15H19N3/c16-13-6-5-11(9-13)10-18-15-14-4-2-1-3-12(14)7-8-17-15/h1-4,7-8,11,13H,5-6,9-10,16H2,(H,17,18). The van der Waals surface area contributed by atoms with Crippen molar-refractivity contribution in [2.75, 3.05) is 11.9 Å². The quantitative estimate of drug-likeness (QED) is 0.868. The van der Waals surface area contributed by atoms with E-state index in [0.717, 1.165) is 25.2 Å². The monoisotopic (exact) mass is 241 g/mol. The molecule has 1 saturated carbocycles. The normalized spacial score (nSPS) is 23.4. The van der Waals surface area contributed by atoms with E-state index in [9.17, 15) is 0 Å². The highest BCUT2D eigenvalue weighted by Crippen LogP contribution is 2.26. The summed E-state index contributed by atoms with van der Waals surface area (Å²) in [7, 11) is 0. The van der Waals surface area contributed by atoms with E-state index < -0.39 is 0 Å². The average Bonchev–Trinajstić information content (AvgIpc) is 2.82. The van der Waals surface area contributed by atoms with E-state index in [1.54, 1.807) is 0 Å². The molecule has 18 heavy (non-hydrogen) atoms. The van der Waals surface area contributed by atoms with Crippen LogP contribution in [0, 0.1) is 5.92 Å². The molecule has 3 N–H and O–H groups in total. The molecule has 1 aliphatic carbocycles. The Morgan fingerprint density at radius 2 is 2.11 bits per heavy atom. The molecular weight excluding hydrogens is 222 g/mol. The van der Waals surface area contributed by atoms with Crippen molar-refractivity contribution in [3.8, 4) is 0 Å². The van der Waals surface area contributed by atoms with Gasteiger partial charge in [0.1, 0.15) is 5.82 Å². The van der Waals surface area contributed by atoms with Crippen LogP contribution in [0.15, 0.2) is 36.5 Å². The summed E-state index contributed by atoms with van der Waals surface area (Å²) >= 11 is 0. The molecular formula is C15H19N3. The van der Waals surface area contributed by atoms with Crippen LogP contribution in [0.2, 0.25) is 0 Å². The zero-order chi connectivity index (χ0) is 12.4. The SMILES string of the molecule is NC1CCC(CNc2nccc3ccccc23)C1. The first-order valence-electron chi connectivity index (χ1n) is 6.66. The third-order valence-electron chi connectivity index (χ3n) is 3.81. The summed E-state index contributed by atoms with van der Waals surface area (Å²) < 4.78 is 0. The topological polar surface area (TPSA) is 50.9 Å². The summed E-state index contributed by atoms with van der Waals surface area (Å²) in [6.07, 6.45) is 5.40. The smallest absolute Gasteiger partial charge is 0.133 e. The van der Waals surface area contributed by atoms with Crippen LogP contribution in [0.1, 0.15) is 19.3 Å². The Hall–Kier alpha value is -1.61. The van der Waals surface area contributed by atoms with Crippen LogP contribution in [-0.4, -0.2) is 17.6 Å². The lowest BCUT2D eigenvalue weighted by Gasteiger charge is -2.13. The van der Waals surface area contributed by atoms with Gasteiger partial charge >= 0.3 is 0 Å². The fourth-order valence-corrected chi connectivity index (χ4v) is 2.80. The predicted molar refractivity (Wildman–Crippen MR) is 75.5 cm³/mol. The minimum atomic E-state index is 0.400. The van der Waals surface area contributed by atoms with E-state index in [1.807, 2.05) is 12.3 Å². The Bertz CT molecular complexity index is 533. The summed E-state index contributed by atoms with van der Waals surface area (Å²) in [5, 5.41) is 5.91. The lowest BCUT2D eigenvalue weighted by molar-refractivity contribution is 0.565. The maximum atomic E-state index is 5.94. The number of aromatic nitrogens is 1. The zero-order valence-corrected chi connectivity index (χ0v) is 10.5. The predicted octanol–water partition coefficient (Wildman–Crippen LogP) is 2.77. The van der Waals surface area contributed by atoms with Crippen molar-refractivity contribution in [3.05, 3.63) is 36.5 Å². The Balaban J connectivity index is 1.74. The molecule has 0 spiro atoms. The number of hydrogen-bond donors (Lipinski definition) is 2. The van der Waals surface area contributed by atoms with Gasteiger partial charge in [0.15, 0.2) is 0 Å². The maximum absolute atomic E-state index is 5.94. The summed E-state index contributed by atoms with van der Waals surface area (Å²) in [5.41, 5.74) is 5.94. The number of anilines is 1. The van der Waals surface area contributed by atoms with Crippen LogP contribution in [0.3, 0.4) is 0 Å².